The van der Waals surface area contributed by atoms with E-state index in [2.05, 4.69) is 55.4 Å². The summed E-state index contributed by atoms with van der Waals surface area (Å²) in [6.45, 7) is 17.4. The zero-order valence-electron chi connectivity index (χ0n) is 13.8. The molecule has 2 heteroatoms. The first kappa shape index (κ1) is 17.9. The standard InChI is InChI=1S/C16H34O2/c1-9-13(4)18-16(8,11-3)12-14(5)17-15(6,7)10-2/h13-14H,9-12H2,1-8H3. The van der Waals surface area contributed by atoms with Crippen molar-refractivity contribution in [3.63, 3.8) is 0 Å². The van der Waals surface area contributed by atoms with Crippen LogP contribution in [-0.4, -0.2) is 23.4 Å². The summed E-state index contributed by atoms with van der Waals surface area (Å²) in [4.78, 5) is 0. The minimum atomic E-state index is -0.0708. The summed E-state index contributed by atoms with van der Waals surface area (Å²) in [5.74, 6) is 0. The quantitative estimate of drug-likeness (QED) is 0.582. The largest absolute Gasteiger partial charge is 0.373 e. The Morgan fingerprint density at radius 2 is 1.39 bits per heavy atom. The van der Waals surface area contributed by atoms with E-state index in [9.17, 15) is 0 Å². The van der Waals surface area contributed by atoms with E-state index in [0.29, 0.717) is 6.10 Å². The molecule has 0 saturated carbocycles. The lowest BCUT2D eigenvalue weighted by atomic mass is 9.94. The Bertz CT molecular complexity index is 225. The Kier molecular flexibility index (Phi) is 7.46. The van der Waals surface area contributed by atoms with Crippen LogP contribution in [0, 0.1) is 0 Å². The molecule has 110 valence electrons. The summed E-state index contributed by atoms with van der Waals surface area (Å²) in [5, 5.41) is 0. The second kappa shape index (κ2) is 7.49. The highest BCUT2D eigenvalue weighted by Gasteiger charge is 2.30. The van der Waals surface area contributed by atoms with Gasteiger partial charge in [0.05, 0.1) is 23.4 Å². The van der Waals surface area contributed by atoms with Gasteiger partial charge in [0.1, 0.15) is 0 Å². The Morgan fingerprint density at radius 3 is 1.78 bits per heavy atom. The van der Waals surface area contributed by atoms with Crippen LogP contribution in [0.3, 0.4) is 0 Å². The van der Waals surface area contributed by atoms with Gasteiger partial charge in [0, 0.05) is 6.42 Å². The maximum Gasteiger partial charge on any atom is 0.0680 e. The molecule has 2 nitrogen and oxygen atoms in total. The van der Waals surface area contributed by atoms with Crippen molar-refractivity contribution in [2.24, 2.45) is 0 Å². The minimum Gasteiger partial charge on any atom is -0.373 e. The molecule has 0 saturated heterocycles. The van der Waals surface area contributed by atoms with Crippen LogP contribution < -0.4 is 0 Å². The van der Waals surface area contributed by atoms with Crippen LogP contribution in [0.2, 0.25) is 0 Å². The zero-order valence-corrected chi connectivity index (χ0v) is 13.8. The molecular weight excluding hydrogens is 224 g/mol. The van der Waals surface area contributed by atoms with Crippen LogP contribution in [-0.2, 0) is 9.47 Å². The molecule has 0 aromatic heterocycles. The number of hydrogen-bond donors (Lipinski definition) is 0. The van der Waals surface area contributed by atoms with Gasteiger partial charge in [0.2, 0.25) is 0 Å². The zero-order chi connectivity index (χ0) is 14.4. The SMILES string of the molecule is CCC(C)OC(C)(CC)CC(C)OC(C)(C)CC. The number of rotatable bonds is 9. The number of ether oxygens (including phenoxy) is 2. The lowest BCUT2D eigenvalue weighted by Gasteiger charge is -2.36. The molecule has 0 amide bonds. The molecule has 3 atom stereocenters. The fourth-order valence-corrected chi connectivity index (χ4v) is 2.12. The topological polar surface area (TPSA) is 18.5 Å². The predicted octanol–water partition coefficient (Wildman–Crippen LogP) is 4.95. The second-order valence-corrected chi connectivity index (χ2v) is 6.39. The molecule has 0 aliphatic rings. The first-order valence-corrected chi connectivity index (χ1v) is 7.53. The van der Waals surface area contributed by atoms with Crippen molar-refractivity contribution < 1.29 is 9.47 Å². The summed E-state index contributed by atoms with van der Waals surface area (Å²) in [7, 11) is 0. The summed E-state index contributed by atoms with van der Waals surface area (Å²) in [6.07, 6.45) is 4.63. The molecule has 0 radical (unpaired) electrons. The molecule has 0 aromatic rings. The first-order valence-electron chi connectivity index (χ1n) is 7.53. The minimum absolute atomic E-state index is 0.0373. The summed E-state index contributed by atoms with van der Waals surface area (Å²) < 4.78 is 12.3. The van der Waals surface area contributed by atoms with Crippen molar-refractivity contribution in [3.8, 4) is 0 Å². The third-order valence-electron chi connectivity index (χ3n) is 3.90. The fraction of sp³-hybridized carbons (Fsp3) is 1.00. The Hall–Kier alpha value is -0.0800. The molecular formula is C16H34O2. The van der Waals surface area contributed by atoms with Gasteiger partial charge < -0.3 is 9.47 Å². The average Bonchev–Trinajstić information content (AvgIpc) is 2.27. The average molecular weight is 258 g/mol. The van der Waals surface area contributed by atoms with Crippen molar-refractivity contribution in [1.29, 1.82) is 0 Å². The summed E-state index contributed by atoms with van der Waals surface area (Å²) in [6, 6.07) is 0. The molecule has 0 aromatic carbocycles. The van der Waals surface area contributed by atoms with E-state index in [1.54, 1.807) is 0 Å². The smallest absolute Gasteiger partial charge is 0.0680 e. The molecule has 0 bridgehead atoms. The Balaban J connectivity index is 4.43. The van der Waals surface area contributed by atoms with Crippen molar-refractivity contribution >= 4 is 0 Å². The van der Waals surface area contributed by atoms with Crippen molar-refractivity contribution in [2.45, 2.75) is 104 Å². The molecule has 0 fully saturated rings. The summed E-state index contributed by atoms with van der Waals surface area (Å²) >= 11 is 0. The van der Waals surface area contributed by atoms with Crippen LogP contribution in [0.15, 0.2) is 0 Å². The van der Waals surface area contributed by atoms with E-state index in [-0.39, 0.29) is 17.3 Å². The van der Waals surface area contributed by atoms with Crippen molar-refractivity contribution in [2.75, 3.05) is 0 Å². The van der Waals surface area contributed by atoms with Gasteiger partial charge in [-0.1, -0.05) is 20.8 Å². The molecule has 0 aliphatic carbocycles. The van der Waals surface area contributed by atoms with Gasteiger partial charge in [-0.15, -0.1) is 0 Å². The van der Waals surface area contributed by atoms with Crippen LogP contribution >= 0.6 is 0 Å². The lowest BCUT2D eigenvalue weighted by Crippen LogP contribution is -2.38. The third-order valence-corrected chi connectivity index (χ3v) is 3.90. The molecule has 0 rings (SSSR count). The van der Waals surface area contributed by atoms with E-state index in [4.69, 9.17) is 9.47 Å². The fourth-order valence-electron chi connectivity index (χ4n) is 2.12. The molecule has 3 unspecified atom stereocenters. The Morgan fingerprint density at radius 1 is 0.833 bits per heavy atom. The normalized spacial score (nSPS) is 19.3. The van der Waals surface area contributed by atoms with E-state index < -0.39 is 0 Å². The van der Waals surface area contributed by atoms with Crippen LogP contribution in [0.1, 0.15) is 81.1 Å². The molecule has 0 aliphatic heterocycles. The van der Waals surface area contributed by atoms with Crippen molar-refractivity contribution in [3.05, 3.63) is 0 Å². The highest BCUT2D eigenvalue weighted by Crippen LogP contribution is 2.28. The van der Waals surface area contributed by atoms with Crippen LogP contribution in [0.25, 0.3) is 0 Å². The van der Waals surface area contributed by atoms with Gasteiger partial charge in [0.25, 0.3) is 0 Å². The third kappa shape index (κ3) is 6.75. The summed E-state index contributed by atoms with van der Waals surface area (Å²) in [5.41, 5.74) is -0.108. The lowest BCUT2D eigenvalue weighted by molar-refractivity contribution is -0.132. The second-order valence-electron chi connectivity index (χ2n) is 6.39. The Labute approximate surface area is 114 Å². The molecule has 0 spiro atoms. The molecule has 0 heterocycles. The molecule has 18 heavy (non-hydrogen) atoms. The first-order chi connectivity index (χ1) is 8.18. The molecule has 0 N–H and O–H groups in total. The highest BCUT2D eigenvalue weighted by atomic mass is 16.5. The van der Waals surface area contributed by atoms with Gasteiger partial charge in [-0.2, -0.15) is 0 Å². The van der Waals surface area contributed by atoms with E-state index in [1.165, 1.54) is 0 Å². The van der Waals surface area contributed by atoms with Gasteiger partial charge in [-0.05, 0) is 53.9 Å². The predicted molar refractivity (Wildman–Crippen MR) is 79.1 cm³/mol. The van der Waals surface area contributed by atoms with E-state index >= 15 is 0 Å². The number of hydrogen-bond acceptors (Lipinski definition) is 2. The van der Waals surface area contributed by atoms with Crippen molar-refractivity contribution in [1.82, 2.24) is 0 Å². The highest BCUT2D eigenvalue weighted by molar-refractivity contribution is 4.79. The maximum atomic E-state index is 6.18. The van der Waals surface area contributed by atoms with Gasteiger partial charge in [0.15, 0.2) is 0 Å². The van der Waals surface area contributed by atoms with E-state index in [1.807, 2.05) is 0 Å². The van der Waals surface area contributed by atoms with E-state index in [0.717, 1.165) is 25.7 Å². The van der Waals surface area contributed by atoms with Gasteiger partial charge >= 0.3 is 0 Å². The maximum absolute atomic E-state index is 6.18. The van der Waals surface area contributed by atoms with Crippen LogP contribution in [0.4, 0.5) is 0 Å². The van der Waals surface area contributed by atoms with Gasteiger partial charge in [-0.3, -0.25) is 0 Å². The van der Waals surface area contributed by atoms with Gasteiger partial charge in [-0.25, -0.2) is 0 Å². The monoisotopic (exact) mass is 258 g/mol. The van der Waals surface area contributed by atoms with Crippen LogP contribution in [0.5, 0.6) is 0 Å².